The summed E-state index contributed by atoms with van der Waals surface area (Å²) in [4.78, 5) is 31.0. The number of hydrogen-bond acceptors (Lipinski definition) is 5. The Labute approximate surface area is 171 Å². The molecule has 1 aromatic rings. The number of carbonyl (C=O) groups is 2. The topological polar surface area (TPSA) is 59.1 Å². The number of esters is 1. The van der Waals surface area contributed by atoms with E-state index in [-0.39, 0.29) is 28.8 Å². The number of fused-ring (bicyclic) bond motifs is 3. The third-order valence-corrected chi connectivity index (χ3v) is 9.16. The van der Waals surface area contributed by atoms with Crippen LogP contribution in [0.5, 0.6) is 0 Å². The van der Waals surface area contributed by atoms with Gasteiger partial charge in [-0.3, -0.25) is 14.6 Å². The van der Waals surface area contributed by atoms with Crippen LogP contribution in [-0.2, 0) is 19.7 Å². The average molecular weight is 396 g/mol. The maximum absolute atomic E-state index is 13.2. The molecule has 154 valence electrons. The fourth-order valence-electron chi connectivity index (χ4n) is 8.59. The maximum atomic E-state index is 13.2. The van der Waals surface area contributed by atoms with Crippen molar-refractivity contribution in [3.63, 3.8) is 0 Å². The van der Waals surface area contributed by atoms with Crippen molar-refractivity contribution in [3.05, 3.63) is 29.8 Å². The Morgan fingerprint density at radius 3 is 2.66 bits per heavy atom. The molecule has 0 unspecified atom stereocenters. The summed E-state index contributed by atoms with van der Waals surface area (Å²) in [6.07, 6.45) is 5.69. The lowest BCUT2D eigenvalue weighted by Crippen LogP contribution is -2.79. The first-order chi connectivity index (χ1) is 14.1. The van der Waals surface area contributed by atoms with Gasteiger partial charge in [0.15, 0.2) is 0 Å². The second-order valence-electron chi connectivity index (χ2n) is 9.65. The zero-order valence-corrected chi connectivity index (χ0v) is 17.1. The Kier molecular flexibility index (Phi) is 3.39. The lowest BCUT2D eigenvalue weighted by molar-refractivity contribution is -0.174. The van der Waals surface area contributed by atoms with Gasteiger partial charge in [-0.15, -0.1) is 0 Å². The monoisotopic (exact) mass is 396 g/mol. The number of para-hydroxylation sites is 1. The smallest absolute Gasteiger partial charge is 0.414 e. The number of methoxy groups -OCH3 is 2. The molecule has 0 radical (unpaired) electrons. The van der Waals surface area contributed by atoms with Gasteiger partial charge in [0, 0.05) is 11.5 Å². The van der Waals surface area contributed by atoms with Crippen molar-refractivity contribution in [1.82, 2.24) is 4.90 Å². The van der Waals surface area contributed by atoms with Crippen LogP contribution in [0.25, 0.3) is 0 Å². The van der Waals surface area contributed by atoms with E-state index in [1.807, 2.05) is 17.0 Å². The Balaban J connectivity index is 1.69. The van der Waals surface area contributed by atoms with E-state index < -0.39 is 5.54 Å². The summed E-state index contributed by atoms with van der Waals surface area (Å²) in [6.45, 7) is 2.15. The van der Waals surface area contributed by atoms with Gasteiger partial charge >= 0.3 is 12.1 Å². The lowest BCUT2D eigenvalue weighted by Gasteiger charge is -2.69. The summed E-state index contributed by atoms with van der Waals surface area (Å²) in [5, 5.41) is 0. The largest absolute Gasteiger partial charge is 0.469 e. The summed E-state index contributed by atoms with van der Waals surface area (Å²) >= 11 is 0. The fraction of sp³-hybridized carbons (Fsp3) is 0.652. The Bertz CT molecular complexity index is 918. The second-order valence-corrected chi connectivity index (χ2v) is 9.65. The summed E-state index contributed by atoms with van der Waals surface area (Å²) < 4.78 is 10.7. The molecule has 3 spiro atoms. The molecule has 0 aromatic heterocycles. The first-order valence-corrected chi connectivity index (χ1v) is 10.9. The minimum atomic E-state index is -0.602. The Morgan fingerprint density at radius 1 is 1.03 bits per heavy atom. The minimum absolute atomic E-state index is 0.134. The number of benzene rings is 1. The molecule has 29 heavy (non-hydrogen) atoms. The number of anilines is 1. The summed E-state index contributed by atoms with van der Waals surface area (Å²) in [5.74, 6) is -0.491. The third kappa shape index (κ3) is 1.72. The van der Waals surface area contributed by atoms with E-state index in [1.165, 1.54) is 32.6 Å². The zero-order chi connectivity index (χ0) is 20.0. The molecule has 6 aliphatic rings. The van der Waals surface area contributed by atoms with Crippen molar-refractivity contribution in [2.45, 2.75) is 55.5 Å². The van der Waals surface area contributed by atoms with E-state index in [4.69, 9.17) is 9.47 Å². The van der Waals surface area contributed by atoms with Gasteiger partial charge in [0.1, 0.15) is 0 Å². The number of ether oxygens (including phenoxy) is 2. The molecule has 5 fully saturated rings. The zero-order valence-electron chi connectivity index (χ0n) is 17.1. The molecule has 3 aliphatic carbocycles. The Hall–Kier alpha value is -2.08. The molecule has 2 saturated heterocycles. The fourth-order valence-corrected chi connectivity index (χ4v) is 8.59. The molecular formula is C23H28N2O4. The molecule has 7 rings (SSSR count). The van der Waals surface area contributed by atoms with Crippen LogP contribution < -0.4 is 4.90 Å². The van der Waals surface area contributed by atoms with Gasteiger partial charge in [0.2, 0.25) is 0 Å². The van der Waals surface area contributed by atoms with E-state index >= 15 is 0 Å². The van der Waals surface area contributed by atoms with Crippen LogP contribution in [0.1, 0.15) is 44.1 Å². The van der Waals surface area contributed by atoms with E-state index in [1.54, 1.807) is 0 Å². The van der Waals surface area contributed by atoms with Crippen LogP contribution in [-0.4, -0.2) is 55.9 Å². The van der Waals surface area contributed by atoms with Crippen LogP contribution in [0.4, 0.5) is 10.5 Å². The van der Waals surface area contributed by atoms with Crippen molar-refractivity contribution in [2.75, 3.05) is 32.2 Å². The van der Waals surface area contributed by atoms with Crippen molar-refractivity contribution >= 4 is 17.7 Å². The summed E-state index contributed by atoms with van der Waals surface area (Å²) in [7, 11) is 2.92. The minimum Gasteiger partial charge on any atom is -0.469 e. The van der Waals surface area contributed by atoms with Crippen LogP contribution >= 0.6 is 0 Å². The van der Waals surface area contributed by atoms with E-state index in [9.17, 15) is 9.59 Å². The first kappa shape index (κ1) is 17.8. The van der Waals surface area contributed by atoms with E-state index in [0.29, 0.717) is 6.04 Å². The van der Waals surface area contributed by atoms with Gasteiger partial charge < -0.3 is 9.47 Å². The van der Waals surface area contributed by atoms with Gasteiger partial charge in [0.25, 0.3) is 0 Å². The summed E-state index contributed by atoms with van der Waals surface area (Å²) in [5.41, 5.74) is 1.47. The van der Waals surface area contributed by atoms with Gasteiger partial charge in [-0.25, -0.2) is 4.79 Å². The summed E-state index contributed by atoms with van der Waals surface area (Å²) in [6, 6.07) is 8.68. The van der Waals surface area contributed by atoms with Gasteiger partial charge in [0.05, 0.1) is 31.4 Å². The predicted octanol–water partition coefficient (Wildman–Crippen LogP) is 3.09. The third-order valence-electron chi connectivity index (χ3n) is 9.16. The maximum Gasteiger partial charge on any atom is 0.414 e. The van der Waals surface area contributed by atoms with E-state index in [2.05, 4.69) is 17.0 Å². The van der Waals surface area contributed by atoms with E-state index in [0.717, 1.165) is 44.5 Å². The SMILES string of the molecule is COC(=O)[C@@H]1C[C@@]23CCCN4CC[C@@]5(c6ccccc6N(C(=O)OC)[C@]15CC2)[C@@H]43. The highest BCUT2D eigenvalue weighted by molar-refractivity contribution is 5.97. The highest BCUT2D eigenvalue weighted by Crippen LogP contribution is 2.75. The van der Waals surface area contributed by atoms with Gasteiger partial charge in [-0.1, -0.05) is 18.2 Å². The number of amides is 1. The molecule has 0 N–H and O–H groups in total. The van der Waals surface area contributed by atoms with Crippen molar-refractivity contribution in [2.24, 2.45) is 11.3 Å². The van der Waals surface area contributed by atoms with Gasteiger partial charge in [-0.05, 0) is 68.7 Å². The molecule has 1 aromatic carbocycles. The molecular weight excluding hydrogens is 368 g/mol. The number of hydrogen-bond donors (Lipinski definition) is 0. The molecule has 1 amide bonds. The average Bonchev–Trinajstić information content (AvgIpc) is 3.29. The number of piperidine rings is 1. The molecule has 2 bridgehead atoms. The van der Waals surface area contributed by atoms with Crippen molar-refractivity contribution in [3.8, 4) is 0 Å². The lowest BCUT2D eigenvalue weighted by atomic mass is 9.38. The normalized spacial score (nSPS) is 41.5. The number of carbonyl (C=O) groups excluding carboxylic acids is 2. The van der Waals surface area contributed by atoms with Crippen LogP contribution in [0, 0.1) is 11.3 Å². The van der Waals surface area contributed by atoms with Crippen molar-refractivity contribution in [1.29, 1.82) is 0 Å². The molecule has 3 aliphatic heterocycles. The molecule has 5 atom stereocenters. The highest BCUT2D eigenvalue weighted by atomic mass is 16.5. The predicted molar refractivity (Wildman–Crippen MR) is 107 cm³/mol. The van der Waals surface area contributed by atoms with Crippen LogP contribution in [0.2, 0.25) is 0 Å². The standard InChI is InChI=1S/C23H28N2O4/c1-28-18(26)16-14-21-8-5-12-24-13-11-22(19(21)24)15-6-3-4-7-17(15)25(20(27)29-2)23(16,22)10-9-21/h3-4,6-7,16,19H,5,8-14H2,1-2H3/t16-,19-,21+,22+,23+/m0/s1. The van der Waals surface area contributed by atoms with Crippen LogP contribution in [0.15, 0.2) is 24.3 Å². The van der Waals surface area contributed by atoms with Gasteiger partial charge in [-0.2, -0.15) is 0 Å². The molecule has 3 heterocycles. The van der Waals surface area contributed by atoms with Crippen molar-refractivity contribution < 1.29 is 19.1 Å². The Morgan fingerprint density at radius 2 is 1.86 bits per heavy atom. The molecule has 6 heteroatoms. The molecule has 3 saturated carbocycles. The molecule has 6 nitrogen and oxygen atoms in total. The number of nitrogens with zero attached hydrogens (tertiary/aromatic N) is 2. The second kappa shape index (κ2) is 5.54. The quantitative estimate of drug-likeness (QED) is 0.683. The highest BCUT2D eigenvalue weighted by Gasteiger charge is 2.81. The number of rotatable bonds is 1. The first-order valence-electron chi connectivity index (χ1n) is 10.9. The van der Waals surface area contributed by atoms with Crippen LogP contribution in [0.3, 0.4) is 0 Å².